The molecule has 0 aliphatic rings. The molecule has 1 unspecified atom stereocenters. The molecule has 0 saturated carbocycles. The van der Waals surface area contributed by atoms with Crippen LogP contribution in [0.25, 0.3) is 0 Å². The second kappa shape index (κ2) is 6.14. The monoisotopic (exact) mass is 293 g/mol. The number of anilines is 1. The third kappa shape index (κ3) is 3.23. The predicted molar refractivity (Wildman–Crippen MR) is 81.2 cm³/mol. The molecule has 1 N–H and O–H groups in total. The number of aryl methyl sites for hydroxylation is 1. The Bertz CT molecular complexity index is 615. The van der Waals surface area contributed by atoms with Gasteiger partial charge in [0.15, 0.2) is 0 Å². The largest absolute Gasteiger partial charge is 0.495 e. The minimum absolute atomic E-state index is 0.0579. The molecule has 106 valence electrons. The standard InChI is InChI=1S/C16H17ClFNO/c1-10-4-5-12(8-14(10)18)11(2)19-15-9-13(17)6-7-16(15)20-3/h4-9,11,19H,1-3H3. The Kier molecular flexibility index (Phi) is 4.50. The van der Waals surface area contributed by atoms with E-state index in [9.17, 15) is 4.39 Å². The van der Waals surface area contributed by atoms with Gasteiger partial charge in [-0.1, -0.05) is 23.7 Å². The van der Waals surface area contributed by atoms with Gasteiger partial charge in [0, 0.05) is 11.1 Å². The lowest BCUT2D eigenvalue weighted by Crippen LogP contribution is -2.08. The molecular weight excluding hydrogens is 277 g/mol. The van der Waals surface area contributed by atoms with E-state index in [1.807, 2.05) is 13.0 Å². The maximum absolute atomic E-state index is 13.6. The molecule has 0 spiro atoms. The van der Waals surface area contributed by atoms with E-state index in [0.29, 0.717) is 16.3 Å². The highest BCUT2D eigenvalue weighted by atomic mass is 35.5. The Balaban J connectivity index is 2.24. The number of hydrogen-bond acceptors (Lipinski definition) is 2. The first kappa shape index (κ1) is 14.7. The van der Waals surface area contributed by atoms with Crippen molar-refractivity contribution in [3.8, 4) is 5.75 Å². The average Bonchev–Trinajstić information content (AvgIpc) is 2.42. The number of hydrogen-bond donors (Lipinski definition) is 1. The van der Waals surface area contributed by atoms with Crippen molar-refractivity contribution >= 4 is 17.3 Å². The van der Waals surface area contributed by atoms with Crippen LogP contribution in [0.3, 0.4) is 0 Å². The van der Waals surface area contributed by atoms with Gasteiger partial charge in [-0.3, -0.25) is 0 Å². The van der Waals surface area contributed by atoms with Gasteiger partial charge in [0.25, 0.3) is 0 Å². The molecule has 1 atom stereocenters. The number of nitrogens with one attached hydrogen (secondary N) is 1. The van der Waals surface area contributed by atoms with Gasteiger partial charge in [0.05, 0.1) is 12.8 Å². The van der Waals surface area contributed by atoms with Crippen LogP contribution >= 0.6 is 11.6 Å². The number of ether oxygens (including phenoxy) is 1. The van der Waals surface area contributed by atoms with Crippen LogP contribution in [0, 0.1) is 12.7 Å². The Morgan fingerprint density at radius 2 is 1.95 bits per heavy atom. The van der Waals surface area contributed by atoms with Crippen LogP contribution in [0.1, 0.15) is 24.1 Å². The van der Waals surface area contributed by atoms with Crippen molar-refractivity contribution in [2.24, 2.45) is 0 Å². The lowest BCUT2D eigenvalue weighted by Gasteiger charge is -2.18. The number of benzene rings is 2. The second-order valence-electron chi connectivity index (χ2n) is 4.72. The van der Waals surface area contributed by atoms with Crippen molar-refractivity contribution in [2.45, 2.75) is 19.9 Å². The highest BCUT2D eigenvalue weighted by Crippen LogP contribution is 2.31. The molecule has 0 aliphatic heterocycles. The van der Waals surface area contributed by atoms with E-state index in [-0.39, 0.29) is 11.9 Å². The Morgan fingerprint density at radius 1 is 1.20 bits per heavy atom. The first-order valence-corrected chi connectivity index (χ1v) is 6.75. The third-order valence-corrected chi connectivity index (χ3v) is 3.46. The zero-order chi connectivity index (χ0) is 14.7. The van der Waals surface area contributed by atoms with Crippen molar-refractivity contribution < 1.29 is 9.13 Å². The Hall–Kier alpha value is -1.74. The maximum Gasteiger partial charge on any atom is 0.142 e. The fourth-order valence-corrected chi connectivity index (χ4v) is 2.16. The summed E-state index contributed by atoms with van der Waals surface area (Å²) in [4.78, 5) is 0. The van der Waals surface area contributed by atoms with Crippen LogP contribution in [0.5, 0.6) is 5.75 Å². The Morgan fingerprint density at radius 3 is 2.60 bits per heavy atom. The van der Waals surface area contributed by atoms with Gasteiger partial charge >= 0.3 is 0 Å². The second-order valence-corrected chi connectivity index (χ2v) is 5.16. The van der Waals surface area contributed by atoms with Crippen molar-refractivity contribution in [1.82, 2.24) is 0 Å². The number of methoxy groups -OCH3 is 1. The Labute approximate surface area is 123 Å². The number of rotatable bonds is 4. The summed E-state index contributed by atoms with van der Waals surface area (Å²) in [7, 11) is 1.60. The van der Waals surface area contributed by atoms with E-state index in [4.69, 9.17) is 16.3 Å². The van der Waals surface area contributed by atoms with Crippen molar-refractivity contribution in [3.05, 3.63) is 58.4 Å². The molecule has 0 radical (unpaired) electrons. The van der Waals surface area contributed by atoms with Crippen LogP contribution in [-0.2, 0) is 0 Å². The molecule has 2 aromatic rings. The van der Waals surface area contributed by atoms with E-state index in [1.54, 1.807) is 44.4 Å². The van der Waals surface area contributed by atoms with Crippen LogP contribution in [0.4, 0.5) is 10.1 Å². The van der Waals surface area contributed by atoms with E-state index >= 15 is 0 Å². The van der Waals surface area contributed by atoms with Gasteiger partial charge in [0.2, 0.25) is 0 Å². The van der Waals surface area contributed by atoms with Crippen LogP contribution in [-0.4, -0.2) is 7.11 Å². The summed E-state index contributed by atoms with van der Waals surface area (Å²) in [6, 6.07) is 10.5. The molecule has 0 aliphatic carbocycles. The maximum atomic E-state index is 13.6. The molecule has 0 amide bonds. The fraction of sp³-hybridized carbons (Fsp3) is 0.250. The van der Waals surface area contributed by atoms with Gasteiger partial charge in [-0.2, -0.15) is 0 Å². The number of halogens is 2. The summed E-state index contributed by atoms with van der Waals surface area (Å²) in [6.07, 6.45) is 0. The van der Waals surface area contributed by atoms with Crippen molar-refractivity contribution in [3.63, 3.8) is 0 Å². The van der Waals surface area contributed by atoms with Crippen LogP contribution < -0.4 is 10.1 Å². The average molecular weight is 294 g/mol. The van der Waals surface area contributed by atoms with Crippen LogP contribution in [0.15, 0.2) is 36.4 Å². The smallest absolute Gasteiger partial charge is 0.142 e. The first-order valence-electron chi connectivity index (χ1n) is 6.37. The SMILES string of the molecule is COc1ccc(Cl)cc1NC(C)c1ccc(C)c(F)c1. The molecule has 2 rings (SSSR count). The van der Waals surface area contributed by atoms with Gasteiger partial charge in [-0.25, -0.2) is 4.39 Å². The topological polar surface area (TPSA) is 21.3 Å². The highest BCUT2D eigenvalue weighted by Gasteiger charge is 2.11. The summed E-state index contributed by atoms with van der Waals surface area (Å²) in [6.45, 7) is 3.71. The van der Waals surface area contributed by atoms with E-state index in [1.165, 1.54) is 0 Å². The predicted octanol–water partition coefficient (Wildman–Crippen LogP) is 4.97. The lowest BCUT2D eigenvalue weighted by atomic mass is 10.1. The van der Waals surface area contributed by atoms with E-state index in [0.717, 1.165) is 11.3 Å². The molecule has 0 aromatic heterocycles. The normalized spacial score (nSPS) is 12.1. The van der Waals surface area contributed by atoms with E-state index < -0.39 is 0 Å². The zero-order valence-corrected chi connectivity index (χ0v) is 12.5. The van der Waals surface area contributed by atoms with Crippen molar-refractivity contribution in [1.29, 1.82) is 0 Å². The van der Waals surface area contributed by atoms with Gasteiger partial charge in [0.1, 0.15) is 11.6 Å². The summed E-state index contributed by atoms with van der Waals surface area (Å²) < 4.78 is 18.9. The van der Waals surface area contributed by atoms with Gasteiger partial charge in [-0.15, -0.1) is 0 Å². The molecule has 2 aromatic carbocycles. The molecule has 0 fully saturated rings. The molecule has 0 heterocycles. The van der Waals surface area contributed by atoms with Crippen LogP contribution in [0.2, 0.25) is 5.02 Å². The highest BCUT2D eigenvalue weighted by molar-refractivity contribution is 6.30. The van der Waals surface area contributed by atoms with Gasteiger partial charge in [-0.05, 0) is 49.2 Å². The zero-order valence-electron chi connectivity index (χ0n) is 11.7. The minimum Gasteiger partial charge on any atom is -0.495 e. The third-order valence-electron chi connectivity index (χ3n) is 3.23. The minimum atomic E-state index is -0.200. The first-order chi connectivity index (χ1) is 9.51. The van der Waals surface area contributed by atoms with Crippen molar-refractivity contribution in [2.75, 3.05) is 12.4 Å². The summed E-state index contributed by atoms with van der Waals surface area (Å²) in [5.74, 6) is 0.503. The summed E-state index contributed by atoms with van der Waals surface area (Å²) in [5, 5.41) is 3.91. The summed E-state index contributed by atoms with van der Waals surface area (Å²) in [5.41, 5.74) is 2.30. The molecule has 20 heavy (non-hydrogen) atoms. The summed E-state index contributed by atoms with van der Waals surface area (Å²) >= 11 is 5.99. The molecule has 2 nitrogen and oxygen atoms in total. The fourth-order valence-electron chi connectivity index (χ4n) is 1.99. The van der Waals surface area contributed by atoms with Gasteiger partial charge < -0.3 is 10.1 Å². The molecular formula is C16H17ClFNO. The molecule has 0 saturated heterocycles. The molecule has 0 bridgehead atoms. The molecule has 4 heteroatoms. The lowest BCUT2D eigenvalue weighted by molar-refractivity contribution is 0.416. The van der Waals surface area contributed by atoms with E-state index in [2.05, 4.69) is 5.32 Å². The quantitative estimate of drug-likeness (QED) is 0.859.